The first-order valence-corrected chi connectivity index (χ1v) is 9.70. The van der Waals surface area contributed by atoms with Crippen molar-refractivity contribution in [1.82, 2.24) is 23.9 Å². The third-order valence-corrected chi connectivity index (χ3v) is 5.46. The maximum absolute atomic E-state index is 12.4. The Morgan fingerprint density at radius 3 is 3.00 bits per heavy atom. The minimum Gasteiger partial charge on any atom is -0.338 e. The molecule has 1 fully saturated rings. The van der Waals surface area contributed by atoms with Crippen LogP contribution in [0.25, 0.3) is 11.0 Å². The number of piperidine rings is 1. The zero-order chi connectivity index (χ0) is 17.8. The molecule has 1 saturated heterocycles. The van der Waals surface area contributed by atoms with Crippen LogP contribution < -0.4 is 5.32 Å². The van der Waals surface area contributed by atoms with Gasteiger partial charge in [-0.2, -0.15) is 8.75 Å². The molecule has 0 bridgehead atoms. The highest BCUT2D eigenvalue weighted by atomic mass is 32.1. The number of nitrogens with one attached hydrogen (secondary N) is 1. The number of rotatable bonds is 5. The fourth-order valence-corrected chi connectivity index (χ4v) is 3.89. The second-order valence-corrected chi connectivity index (χ2v) is 7.75. The lowest BCUT2D eigenvalue weighted by atomic mass is 9.97. The highest BCUT2D eigenvalue weighted by Crippen LogP contribution is 2.18. The van der Waals surface area contributed by atoms with Crippen LogP contribution in [0.4, 0.5) is 4.79 Å². The predicted molar refractivity (Wildman–Crippen MR) is 102 cm³/mol. The van der Waals surface area contributed by atoms with E-state index in [1.54, 1.807) is 4.90 Å². The van der Waals surface area contributed by atoms with Gasteiger partial charge >= 0.3 is 6.03 Å². The van der Waals surface area contributed by atoms with E-state index in [1.807, 2.05) is 25.2 Å². The van der Waals surface area contributed by atoms with Gasteiger partial charge in [-0.3, -0.25) is 0 Å². The Balaban J connectivity index is 1.48. The van der Waals surface area contributed by atoms with Crippen LogP contribution in [-0.2, 0) is 6.54 Å². The van der Waals surface area contributed by atoms with Crippen molar-refractivity contribution in [3.63, 3.8) is 0 Å². The van der Waals surface area contributed by atoms with Crippen molar-refractivity contribution in [2.24, 2.45) is 5.92 Å². The molecule has 25 heavy (non-hydrogen) atoms. The van der Waals surface area contributed by atoms with Crippen molar-refractivity contribution >= 4 is 28.8 Å². The van der Waals surface area contributed by atoms with Crippen molar-refractivity contribution < 1.29 is 4.79 Å². The van der Waals surface area contributed by atoms with Crippen LogP contribution in [0.1, 0.15) is 32.3 Å². The van der Waals surface area contributed by atoms with E-state index in [1.165, 1.54) is 31.1 Å². The Labute approximate surface area is 153 Å². The molecule has 7 heteroatoms. The number of carbonyl (C=O) groups excluding carboxylic acids is 1. The normalized spacial score (nSPS) is 18.6. The number of urea groups is 1. The number of benzene rings is 1. The Morgan fingerprint density at radius 1 is 1.40 bits per heavy atom. The molecule has 1 aromatic carbocycles. The molecule has 1 aromatic heterocycles. The van der Waals surface area contributed by atoms with Crippen LogP contribution in [0, 0.1) is 5.92 Å². The molecule has 2 heterocycles. The first kappa shape index (κ1) is 18.1. The summed E-state index contributed by atoms with van der Waals surface area (Å²) in [7, 11) is 1.83. The number of carbonyl (C=O) groups is 1. The lowest BCUT2D eigenvalue weighted by molar-refractivity contribution is 0.137. The van der Waals surface area contributed by atoms with Gasteiger partial charge in [0.05, 0.1) is 11.7 Å². The molecule has 0 unspecified atom stereocenters. The summed E-state index contributed by atoms with van der Waals surface area (Å²) >= 11 is 1.22. The van der Waals surface area contributed by atoms with Gasteiger partial charge in [-0.1, -0.05) is 6.07 Å². The Morgan fingerprint density at radius 2 is 2.20 bits per heavy atom. The predicted octanol–water partition coefficient (Wildman–Crippen LogP) is 2.95. The lowest BCUT2D eigenvalue weighted by Gasteiger charge is -2.35. The number of aromatic nitrogens is 2. The van der Waals surface area contributed by atoms with Gasteiger partial charge in [0.2, 0.25) is 0 Å². The van der Waals surface area contributed by atoms with E-state index in [2.05, 4.69) is 32.8 Å². The summed E-state index contributed by atoms with van der Waals surface area (Å²) in [4.78, 5) is 16.6. The summed E-state index contributed by atoms with van der Waals surface area (Å²) in [6.45, 7) is 8.06. The molecular formula is C18H27N5OS. The third-order valence-electron chi connectivity index (χ3n) is 4.91. The Hall–Kier alpha value is -1.73. The molecule has 0 spiro atoms. The fraction of sp³-hybridized carbons (Fsp3) is 0.611. The molecule has 0 saturated carbocycles. The van der Waals surface area contributed by atoms with Crippen molar-refractivity contribution in [3.8, 4) is 0 Å². The van der Waals surface area contributed by atoms with E-state index < -0.39 is 0 Å². The van der Waals surface area contributed by atoms with Gasteiger partial charge in [0.15, 0.2) is 0 Å². The number of hydrogen-bond donors (Lipinski definition) is 1. The summed E-state index contributed by atoms with van der Waals surface area (Å²) < 4.78 is 8.46. The molecule has 2 aromatic rings. The van der Waals surface area contributed by atoms with Gasteiger partial charge < -0.3 is 15.1 Å². The summed E-state index contributed by atoms with van der Waals surface area (Å²) in [5, 5.41) is 3.10. The minimum atomic E-state index is -0.0156. The lowest BCUT2D eigenvalue weighted by Crippen LogP contribution is -2.45. The molecular weight excluding hydrogens is 334 g/mol. The SMILES string of the molecule is CC(C)N1CCC[C@@H](CNC(=O)N(C)Cc2ccc3nsnc3c2)C1. The van der Waals surface area contributed by atoms with E-state index in [0.29, 0.717) is 18.5 Å². The van der Waals surface area contributed by atoms with Crippen LogP contribution in [0.3, 0.4) is 0 Å². The standard InChI is InChI=1S/C18H27N5OS/c1-13(2)23-8-4-5-15(12-23)10-19-18(24)22(3)11-14-6-7-16-17(9-14)21-25-20-16/h6-7,9,13,15H,4-5,8,10-12H2,1-3H3,(H,19,24)/t15-/m0/s1. The molecule has 0 radical (unpaired) electrons. The van der Waals surface area contributed by atoms with Gasteiger partial charge in [-0.15, -0.1) is 0 Å². The highest BCUT2D eigenvalue weighted by molar-refractivity contribution is 7.00. The average molecular weight is 362 g/mol. The van der Waals surface area contributed by atoms with Crippen molar-refractivity contribution in [3.05, 3.63) is 23.8 Å². The zero-order valence-electron chi connectivity index (χ0n) is 15.2. The maximum atomic E-state index is 12.4. The molecule has 3 rings (SSSR count). The summed E-state index contributed by atoms with van der Waals surface area (Å²) in [5.74, 6) is 0.547. The average Bonchev–Trinajstić information content (AvgIpc) is 3.07. The second-order valence-electron chi connectivity index (χ2n) is 7.23. The molecule has 6 nitrogen and oxygen atoms in total. The Bertz CT molecular complexity index is 716. The first-order chi connectivity index (χ1) is 12.0. The van der Waals surface area contributed by atoms with Gasteiger partial charge in [0, 0.05) is 32.7 Å². The number of likely N-dealkylation sites (tertiary alicyclic amines) is 1. The van der Waals surface area contributed by atoms with Crippen LogP contribution in [0.2, 0.25) is 0 Å². The zero-order valence-corrected chi connectivity index (χ0v) is 16.1. The van der Waals surface area contributed by atoms with E-state index in [9.17, 15) is 4.79 Å². The smallest absolute Gasteiger partial charge is 0.317 e. The number of nitrogens with zero attached hydrogens (tertiary/aromatic N) is 4. The Kier molecular flexibility index (Phi) is 5.86. The number of fused-ring (bicyclic) bond motifs is 1. The molecule has 0 aliphatic carbocycles. The van der Waals surface area contributed by atoms with Crippen molar-refractivity contribution in [2.45, 2.75) is 39.3 Å². The monoisotopic (exact) mass is 361 g/mol. The molecule has 2 amide bonds. The minimum absolute atomic E-state index is 0.0156. The quantitative estimate of drug-likeness (QED) is 0.889. The summed E-state index contributed by atoms with van der Waals surface area (Å²) in [5.41, 5.74) is 2.88. The number of amides is 2. The van der Waals surface area contributed by atoms with Crippen molar-refractivity contribution in [2.75, 3.05) is 26.7 Å². The van der Waals surface area contributed by atoms with Gasteiger partial charge in [0.1, 0.15) is 11.0 Å². The molecule has 1 N–H and O–H groups in total. The maximum Gasteiger partial charge on any atom is 0.317 e. The highest BCUT2D eigenvalue weighted by Gasteiger charge is 2.22. The molecule has 1 aliphatic heterocycles. The topological polar surface area (TPSA) is 61.4 Å². The van der Waals surface area contributed by atoms with Gasteiger partial charge in [0.25, 0.3) is 0 Å². The number of hydrogen-bond acceptors (Lipinski definition) is 5. The van der Waals surface area contributed by atoms with E-state index >= 15 is 0 Å². The van der Waals surface area contributed by atoms with Crippen LogP contribution >= 0.6 is 11.7 Å². The second kappa shape index (κ2) is 8.10. The van der Waals surface area contributed by atoms with Crippen LogP contribution in [-0.4, -0.2) is 57.3 Å². The largest absolute Gasteiger partial charge is 0.338 e. The van der Waals surface area contributed by atoms with Crippen LogP contribution in [0.5, 0.6) is 0 Å². The van der Waals surface area contributed by atoms with E-state index in [-0.39, 0.29) is 6.03 Å². The first-order valence-electron chi connectivity index (χ1n) is 8.97. The molecule has 136 valence electrons. The fourth-order valence-electron chi connectivity index (χ4n) is 3.37. The van der Waals surface area contributed by atoms with Crippen LogP contribution in [0.15, 0.2) is 18.2 Å². The molecule has 1 atom stereocenters. The van der Waals surface area contributed by atoms with Crippen molar-refractivity contribution in [1.29, 1.82) is 0 Å². The summed E-state index contributed by atoms with van der Waals surface area (Å²) in [6.07, 6.45) is 2.41. The van der Waals surface area contributed by atoms with E-state index in [4.69, 9.17) is 0 Å². The van der Waals surface area contributed by atoms with E-state index in [0.717, 1.165) is 29.7 Å². The third kappa shape index (κ3) is 4.67. The summed E-state index contributed by atoms with van der Waals surface area (Å²) in [6, 6.07) is 6.54. The van der Waals surface area contributed by atoms with Gasteiger partial charge in [-0.25, -0.2) is 4.79 Å². The van der Waals surface area contributed by atoms with Gasteiger partial charge in [-0.05, 0) is 56.8 Å². The molecule has 1 aliphatic rings.